The van der Waals surface area contributed by atoms with Crippen LogP contribution in [-0.4, -0.2) is 52.7 Å². The highest BCUT2D eigenvalue weighted by Crippen LogP contribution is 2.36. The Morgan fingerprint density at radius 3 is 2.93 bits per heavy atom. The van der Waals surface area contributed by atoms with Gasteiger partial charge >= 0.3 is 6.03 Å². The van der Waals surface area contributed by atoms with Gasteiger partial charge in [0.25, 0.3) is 0 Å². The van der Waals surface area contributed by atoms with Gasteiger partial charge in [0.1, 0.15) is 5.60 Å². The quantitative estimate of drug-likeness (QED) is 0.890. The van der Waals surface area contributed by atoms with Gasteiger partial charge in [-0.1, -0.05) is 18.2 Å². The van der Waals surface area contributed by atoms with Crippen LogP contribution in [0.4, 0.5) is 4.79 Å². The summed E-state index contributed by atoms with van der Waals surface area (Å²) in [6.07, 6.45) is 5.66. The van der Waals surface area contributed by atoms with Crippen LogP contribution in [0.25, 0.3) is 5.69 Å². The largest absolute Gasteiger partial charge is 0.363 e. The summed E-state index contributed by atoms with van der Waals surface area (Å²) in [5, 5.41) is 2.96. The van der Waals surface area contributed by atoms with Crippen molar-refractivity contribution in [2.45, 2.75) is 44.6 Å². The van der Waals surface area contributed by atoms with Crippen molar-refractivity contribution in [1.82, 2.24) is 19.7 Å². The first-order valence-corrected chi connectivity index (χ1v) is 10.3. The van der Waals surface area contributed by atoms with Crippen molar-refractivity contribution >= 4 is 6.03 Å². The van der Waals surface area contributed by atoms with Crippen molar-refractivity contribution in [3.05, 3.63) is 53.9 Å². The molecule has 1 N–H and O–H groups in total. The first kappa shape index (κ1) is 17.8. The van der Waals surface area contributed by atoms with E-state index in [9.17, 15) is 4.79 Å². The predicted octanol–water partition coefficient (Wildman–Crippen LogP) is 3.06. The topological polar surface area (TPSA) is 49.7 Å². The number of likely N-dealkylation sites (tertiary alicyclic amines) is 1. The van der Waals surface area contributed by atoms with Crippen LogP contribution in [0.1, 0.15) is 37.4 Å². The number of amides is 2. The van der Waals surface area contributed by atoms with Crippen LogP contribution in [0.3, 0.4) is 0 Å². The number of carbonyl (C=O) groups is 1. The monoisotopic (exact) mass is 380 g/mol. The van der Waals surface area contributed by atoms with Crippen LogP contribution >= 0.6 is 0 Å². The number of ether oxygens (including phenoxy) is 1. The maximum absolute atomic E-state index is 12.3. The number of hydrogen-bond donors (Lipinski definition) is 1. The van der Waals surface area contributed by atoms with Crippen molar-refractivity contribution in [1.29, 1.82) is 0 Å². The van der Waals surface area contributed by atoms with Crippen molar-refractivity contribution in [2.24, 2.45) is 0 Å². The number of hydrogen-bond acceptors (Lipinski definition) is 3. The number of urea groups is 1. The summed E-state index contributed by atoms with van der Waals surface area (Å²) < 4.78 is 8.83. The van der Waals surface area contributed by atoms with E-state index in [2.05, 4.69) is 64.3 Å². The highest BCUT2D eigenvalue weighted by molar-refractivity contribution is 5.76. The van der Waals surface area contributed by atoms with E-state index in [1.165, 1.54) is 29.8 Å². The molecule has 2 atom stereocenters. The Morgan fingerprint density at radius 1 is 1.18 bits per heavy atom. The molecule has 6 heteroatoms. The fourth-order valence-corrected chi connectivity index (χ4v) is 5.00. The molecule has 2 saturated heterocycles. The molecule has 0 saturated carbocycles. The third-order valence-electron chi connectivity index (χ3n) is 6.42. The highest BCUT2D eigenvalue weighted by atomic mass is 16.5. The zero-order valence-electron chi connectivity index (χ0n) is 16.4. The van der Waals surface area contributed by atoms with E-state index in [-0.39, 0.29) is 12.2 Å². The molecule has 1 aromatic heterocycles. The molecule has 1 aromatic carbocycles. The molecule has 0 radical (unpaired) electrons. The maximum atomic E-state index is 12.3. The summed E-state index contributed by atoms with van der Waals surface area (Å²) in [5.41, 5.74) is 3.14. The molecule has 5 rings (SSSR count). The molecule has 2 aromatic rings. The van der Waals surface area contributed by atoms with Crippen molar-refractivity contribution < 1.29 is 9.53 Å². The number of rotatable bonds is 3. The minimum absolute atomic E-state index is 0.0691. The molecule has 2 fully saturated rings. The second kappa shape index (κ2) is 6.94. The smallest absolute Gasteiger partial charge is 0.318 e. The zero-order valence-corrected chi connectivity index (χ0v) is 16.4. The van der Waals surface area contributed by atoms with Gasteiger partial charge in [0, 0.05) is 37.9 Å². The Balaban J connectivity index is 1.46. The van der Waals surface area contributed by atoms with E-state index in [0.717, 1.165) is 32.6 Å². The van der Waals surface area contributed by atoms with Crippen LogP contribution in [0.15, 0.2) is 42.6 Å². The van der Waals surface area contributed by atoms with Crippen LogP contribution < -0.4 is 5.32 Å². The lowest BCUT2D eigenvalue weighted by atomic mass is 9.98. The van der Waals surface area contributed by atoms with Gasteiger partial charge in [0.15, 0.2) is 0 Å². The molecule has 2 amide bonds. The van der Waals surface area contributed by atoms with Gasteiger partial charge in [0.05, 0.1) is 24.2 Å². The Labute approximate surface area is 166 Å². The fraction of sp³-hybridized carbons (Fsp3) is 0.500. The maximum Gasteiger partial charge on any atom is 0.318 e. The second-order valence-electron chi connectivity index (χ2n) is 8.28. The SMILES string of the molecule is CC1(CN2CCCCC2N2CCNC2=O)OCc2ccccc2-n2cccc21. The molecule has 3 aliphatic rings. The van der Waals surface area contributed by atoms with Gasteiger partial charge in [-0.15, -0.1) is 0 Å². The molecule has 6 nitrogen and oxygen atoms in total. The molecular weight excluding hydrogens is 352 g/mol. The van der Waals surface area contributed by atoms with E-state index in [0.29, 0.717) is 6.61 Å². The lowest BCUT2D eigenvalue weighted by molar-refractivity contribution is -0.0917. The third-order valence-corrected chi connectivity index (χ3v) is 6.42. The summed E-state index contributed by atoms with van der Waals surface area (Å²) >= 11 is 0. The average molecular weight is 380 g/mol. The number of para-hydroxylation sites is 1. The summed E-state index contributed by atoms with van der Waals surface area (Å²) in [5.74, 6) is 0. The number of nitrogens with one attached hydrogen (secondary N) is 1. The minimum Gasteiger partial charge on any atom is -0.363 e. The van der Waals surface area contributed by atoms with Gasteiger partial charge in [-0.25, -0.2) is 4.79 Å². The normalized spacial score (nSPS) is 27.8. The standard InChI is InChI=1S/C22H28N4O2/c1-22(16-24-12-5-4-10-20(24)26-14-11-23-21(26)27)19-9-6-13-25(19)18-8-3-2-7-17(18)15-28-22/h2-3,6-9,13,20H,4-5,10-12,14-16H2,1H3,(H,23,27). The molecule has 0 bridgehead atoms. The lowest BCUT2D eigenvalue weighted by Gasteiger charge is -2.44. The molecule has 3 aliphatic heterocycles. The molecular formula is C22H28N4O2. The number of carbonyl (C=O) groups excluding carboxylic acids is 1. The number of piperidine rings is 1. The minimum atomic E-state index is -0.436. The summed E-state index contributed by atoms with van der Waals surface area (Å²) in [4.78, 5) is 16.8. The molecule has 4 heterocycles. The number of aromatic nitrogens is 1. The highest BCUT2D eigenvalue weighted by Gasteiger charge is 2.40. The van der Waals surface area contributed by atoms with E-state index in [4.69, 9.17) is 4.74 Å². The Kier molecular flexibility index (Phi) is 4.40. The van der Waals surface area contributed by atoms with Gasteiger partial charge in [-0.05, 0) is 44.4 Å². The van der Waals surface area contributed by atoms with Crippen LogP contribution in [0.5, 0.6) is 0 Å². The Morgan fingerprint density at radius 2 is 2.07 bits per heavy atom. The molecule has 148 valence electrons. The van der Waals surface area contributed by atoms with Gasteiger partial charge in [0.2, 0.25) is 0 Å². The van der Waals surface area contributed by atoms with Crippen LogP contribution in [0, 0.1) is 0 Å². The molecule has 0 aliphatic carbocycles. The van der Waals surface area contributed by atoms with Gasteiger partial charge < -0.3 is 19.5 Å². The Hall–Kier alpha value is -2.31. The third kappa shape index (κ3) is 2.91. The summed E-state index contributed by atoms with van der Waals surface area (Å²) in [6.45, 7) is 6.10. The van der Waals surface area contributed by atoms with Gasteiger partial charge in [-0.2, -0.15) is 0 Å². The van der Waals surface area contributed by atoms with Crippen molar-refractivity contribution in [2.75, 3.05) is 26.2 Å². The van der Waals surface area contributed by atoms with Crippen molar-refractivity contribution in [3.63, 3.8) is 0 Å². The van der Waals surface area contributed by atoms with Gasteiger partial charge in [-0.3, -0.25) is 4.90 Å². The summed E-state index contributed by atoms with van der Waals surface area (Å²) in [6, 6.07) is 12.8. The molecule has 28 heavy (non-hydrogen) atoms. The number of benzene rings is 1. The van der Waals surface area contributed by atoms with Crippen LogP contribution in [0.2, 0.25) is 0 Å². The average Bonchev–Trinajstić information content (AvgIpc) is 3.34. The number of nitrogens with zero attached hydrogens (tertiary/aromatic N) is 3. The van der Waals surface area contributed by atoms with E-state index >= 15 is 0 Å². The van der Waals surface area contributed by atoms with E-state index in [1.54, 1.807) is 0 Å². The predicted molar refractivity (Wildman–Crippen MR) is 107 cm³/mol. The Bertz CT molecular complexity index is 879. The summed E-state index contributed by atoms with van der Waals surface area (Å²) in [7, 11) is 0. The zero-order chi connectivity index (χ0) is 19.1. The van der Waals surface area contributed by atoms with Crippen molar-refractivity contribution in [3.8, 4) is 5.69 Å². The van der Waals surface area contributed by atoms with E-state index in [1.807, 2.05) is 4.90 Å². The van der Waals surface area contributed by atoms with E-state index < -0.39 is 5.60 Å². The second-order valence-corrected chi connectivity index (χ2v) is 8.28. The molecule has 0 spiro atoms. The first-order valence-electron chi connectivity index (χ1n) is 10.3. The first-order chi connectivity index (χ1) is 13.7. The number of fused-ring (bicyclic) bond motifs is 3. The fourth-order valence-electron chi connectivity index (χ4n) is 5.00. The lowest BCUT2D eigenvalue weighted by Crippen LogP contribution is -2.55. The van der Waals surface area contributed by atoms with Crippen LogP contribution in [-0.2, 0) is 16.9 Å². The molecule has 2 unspecified atom stereocenters.